The van der Waals surface area contributed by atoms with Crippen molar-refractivity contribution >= 4 is 28.1 Å². The fourth-order valence-electron chi connectivity index (χ4n) is 2.54. The highest BCUT2D eigenvalue weighted by Crippen LogP contribution is 2.27. The van der Waals surface area contributed by atoms with E-state index in [-0.39, 0.29) is 11.0 Å². The van der Waals surface area contributed by atoms with E-state index in [9.17, 15) is 29.2 Å². The first-order valence-corrected chi connectivity index (χ1v) is 8.71. The summed E-state index contributed by atoms with van der Waals surface area (Å²) in [6, 6.07) is 2.80. The minimum atomic E-state index is -2.01. The second kappa shape index (κ2) is 7.95. The normalized spacial score (nSPS) is 16.3. The number of carbonyl (C=O) groups excluding carboxylic acids is 1. The fraction of sp³-hybridized carbons (Fsp3) is 0.500. The molecule has 1 atom stereocenters. The molecule has 1 aromatic carbocycles. The Kier molecular flexibility index (Phi) is 5.96. The molecule has 0 saturated heterocycles. The van der Waals surface area contributed by atoms with E-state index in [4.69, 9.17) is 4.74 Å². The molecule has 9 nitrogen and oxygen atoms in total. The van der Waals surface area contributed by atoms with Gasteiger partial charge in [-0.25, -0.2) is 0 Å². The molecular weight excluding hydrogens is 340 g/mol. The molecule has 0 radical (unpaired) electrons. The highest BCUT2D eigenvalue weighted by Gasteiger charge is 2.26. The summed E-state index contributed by atoms with van der Waals surface area (Å²) in [4.78, 5) is 31.7. The Morgan fingerprint density at radius 2 is 1.83 bits per heavy atom. The van der Waals surface area contributed by atoms with Crippen LogP contribution in [-0.4, -0.2) is 31.9 Å². The van der Waals surface area contributed by atoms with E-state index in [1.54, 1.807) is 0 Å². The maximum atomic E-state index is 12.2. The topological polar surface area (TPSA) is 130 Å². The van der Waals surface area contributed by atoms with Gasteiger partial charge in [-0.1, -0.05) is 6.42 Å². The summed E-state index contributed by atoms with van der Waals surface area (Å²) in [5, 5.41) is 21.7. The van der Waals surface area contributed by atoms with Crippen LogP contribution in [0.25, 0.3) is 0 Å². The van der Waals surface area contributed by atoms with Crippen molar-refractivity contribution in [3.05, 3.63) is 38.4 Å². The number of ether oxygens (including phenoxy) is 1. The number of esters is 1. The summed E-state index contributed by atoms with van der Waals surface area (Å²) in [6.45, 7) is 0. The molecule has 1 aliphatic rings. The molecular formula is C14H16N2O7S. The molecule has 0 amide bonds. The van der Waals surface area contributed by atoms with Gasteiger partial charge in [0.1, 0.15) is 16.8 Å². The number of hydrogen-bond donors (Lipinski definition) is 0. The monoisotopic (exact) mass is 356 g/mol. The second-order valence-corrected chi connectivity index (χ2v) is 6.83. The first kappa shape index (κ1) is 18.0. The second-order valence-electron chi connectivity index (χ2n) is 5.41. The van der Waals surface area contributed by atoms with Crippen molar-refractivity contribution in [3.8, 4) is 0 Å². The van der Waals surface area contributed by atoms with Crippen LogP contribution in [0, 0.1) is 20.2 Å². The lowest BCUT2D eigenvalue weighted by molar-refractivity contribution is -0.396. The molecule has 0 N–H and O–H groups in total. The predicted molar refractivity (Wildman–Crippen MR) is 84.0 cm³/mol. The minimum absolute atomic E-state index is 0.199. The fourth-order valence-corrected chi connectivity index (χ4v) is 3.57. The predicted octanol–water partition coefficient (Wildman–Crippen LogP) is 2.49. The Balaban J connectivity index is 2.09. The Morgan fingerprint density at radius 1 is 1.17 bits per heavy atom. The van der Waals surface area contributed by atoms with E-state index in [0.717, 1.165) is 50.3 Å². The van der Waals surface area contributed by atoms with Gasteiger partial charge in [0.05, 0.1) is 26.7 Å². The third-order valence-electron chi connectivity index (χ3n) is 3.69. The van der Waals surface area contributed by atoms with Crippen molar-refractivity contribution in [1.82, 2.24) is 0 Å². The molecule has 0 aromatic heterocycles. The highest BCUT2D eigenvalue weighted by molar-refractivity contribution is 7.85. The lowest BCUT2D eigenvalue weighted by Crippen LogP contribution is -2.24. The lowest BCUT2D eigenvalue weighted by Gasteiger charge is -2.21. The highest BCUT2D eigenvalue weighted by atomic mass is 32.2. The summed E-state index contributed by atoms with van der Waals surface area (Å²) < 4.78 is 17.5. The maximum absolute atomic E-state index is 12.2. The molecule has 10 heteroatoms. The minimum Gasteiger partial charge on any atom is -0.462 e. The zero-order chi connectivity index (χ0) is 17.7. The van der Waals surface area contributed by atoms with Crippen LogP contribution in [-0.2, 0) is 20.3 Å². The van der Waals surface area contributed by atoms with Gasteiger partial charge in [-0.05, 0) is 31.7 Å². The lowest BCUT2D eigenvalue weighted by atomic mass is 9.98. The third kappa shape index (κ3) is 4.57. The van der Waals surface area contributed by atoms with Gasteiger partial charge >= 0.3 is 5.97 Å². The molecule has 1 fully saturated rings. The average molecular weight is 356 g/mol. The van der Waals surface area contributed by atoms with Crippen molar-refractivity contribution in [3.63, 3.8) is 0 Å². The summed E-state index contributed by atoms with van der Waals surface area (Å²) in [6.07, 6.45) is 4.35. The summed E-state index contributed by atoms with van der Waals surface area (Å²) in [5.74, 6) is -1.21. The zero-order valence-electron chi connectivity index (χ0n) is 12.7. The van der Waals surface area contributed by atoms with Gasteiger partial charge in [0, 0.05) is 6.07 Å². The van der Waals surface area contributed by atoms with Gasteiger partial charge in [-0.3, -0.25) is 29.2 Å². The van der Waals surface area contributed by atoms with E-state index in [1.165, 1.54) is 0 Å². The van der Waals surface area contributed by atoms with Gasteiger partial charge in [0.2, 0.25) is 0 Å². The van der Waals surface area contributed by atoms with E-state index < -0.39 is 43.7 Å². The number of non-ortho nitro benzene ring substituents is 1. The standard InChI is InChI=1S/C14H16N2O7S/c17-14(23-11-4-2-1-3-5-11)9-24(22)13-7-6-10(15(18)19)8-12(13)16(20)21/h6-8,11H,1-5,9H2/t24-/m1/s1. The van der Waals surface area contributed by atoms with Crippen LogP contribution in [0.1, 0.15) is 32.1 Å². The number of hydrogen-bond acceptors (Lipinski definition) is 7. The molecule has 1 saturated carbocycles. The van der Waals surface area contributed by atoms with Crippen molar-refractivity contribution in [1.29, 1.82) is 0 Å². The Labute approximate surface area is 139 Å². The Bertz CT molecular complexity index is 686. The van der Waals surface area contributed by atoms with Crippen LogP contribution in [0.2, 0.25) is 0 Å². The molecule has 1 aliphatic carbocycles. The first-order valence-electron chi connectivity index (χ1n) is 7.39. The number of rotatable bonds is 6. The molecule has 130 valence electrons. The molecule has 1 aromatic rings. The van der Waals surface area contributed by atoms with Crippen molar-refractivity contribution in [2.75, 3.05) is 5.75 Å². The Morgan fingerprint density at radius 3 is 2.42 bits per heavy atom. The SMILES string of the molecule is O=C(C[S@@](=O)c1ccc([N+](=O)[O-])cc1[N+](=O)[O-])OC1CCCCC1. The van der Waals surface area contributed by atoms with Gasteiger partial charge in [-0.15, -0.1) is 0 Å². The third-order valence-corrected chi connectivity index (χ3v) is 5.03. The molecule has 0 unspecified atom stereocenters. The summed E-state index contributed by atoms with van der Waals surface area (Å²) in [5.41, 5.74) is -1.12. The van der Waals surface area contributed by atoms with Crippen molar-refractivity contribution < 1.29 is 23.6 Å². The Hall–Kier alpha value is -2.36. The van der Waals surface area contributed by atoms with Crippen molar-refractivity contribution in [2.45, 2.75) is 43.1 Å². The van der Waals surface area contributed by atoms with Gasteiger partial charge in [0.15, 0.2) is 0 Å². The number of benzene rings is 1. The smallest absolute Gasteiger partial charge is 0.319 e. The van der Waals surface area contributed by atoms with Crippen LogP contribution in [0.15, 0.2) is 23.1 Å². The summed E-state index contributed by atoms with van der Waals surface area (Å²) in [7, 11) is -2.01. The molecule has 0 heterocycles. The number of carbonyl (C=O) groups is 1. The van der Waals surface area contributed by atoms with E-state index in [1.807, 2.05) is 0 Å². The van der Waals surface area contributed by atoms with E-state index >= 15 is 0 Å². The van der Waals surface area contributed by atoms with Crippen LogP contribution < -0.4 is 0 Å². The van der Waals surface area contributed by atoms with E-state index in [2.05, 4.69) is 0 Å². The quantitative estimate of drug-likeness (QED) is 0.435. The number of nitrogens with zero attached hydrogens (tertiary/aromatic N) is 2. The molecule has 0 aliphatic heterocycles. The van der Waals surface area contributed by atoms with Crippen LogP contribution in [0.3, 0.4) is 0 Å². The van der Waals surface area contributed by atoms with Crippen LogP contribution >= 0.6 is 0 Å². The average Bonchev–Trinajstić information content (AvgIpc) is 2.54. The number of nitro benzene ring substituents is 2. The number of nitro groups is 2. The van der Waals surface area contributed by atoms with E-state index in [0.29, 0.717) is 0 Å². The van der Waals surface area contributed by atoms with Crippen LogP contribution in [0.5, 0.6) is 0 Å². The van der Waals surface area contributed by atoms with Gasteiger partial charge < -0.3 is 4.74 Å². The van der Waals surface area contributed by atoms with Crippen LogP contribution in [0.4, 0.5) is 11.4 Å². The summed E-state index contributed by atoms with van der Waals surface area (Å²) >= 11 is 0. The maximum Gasteiger partial charge on any atom is 0.319 e. The molecule has 24 heavy (non-hydrogen) atoms. The van der Waals surface area contributed by atoms with Crippen molar-refractivity contribution in [2.24, 2.45) is 0 Å². The molecule has 0 bridgehead atoms. The first-order chi connectivity index (χ1) is 11.4. The van der Waals surface area contributed by atoms with Gasteiger partial charge in [-0.2, -0.15) is 0 Å². The molecule has 0 spiro atoms. The zero-order valence-corrected chi connectivity index (χ0v) is 13.5. The largest absolute Gasteiger partial charge is 0.462 e. The van der Waals surface area contributed by atoms with Gasteiger partial charge in [0.25, 0.3) is 11.4 Å². The molecule has 2 rings (SSSR count).